The fourth-order valence-corrected chi connectivity index (χ4v) is 3.67. The molecule has 0 bridgehead atoms. The third kappa shape index (κ3) is 3.25. The number of nitrogens with one attached hydrogen (secondary N) is 1. The number of nitro groups is 1. The molecule has 1 aromatic carbocycles. The molecule has 1 saturated carbocycles. The maximum atomic E-state index is 11.8. The van der Waals surface area contributed by atoms with E-state index in [9.17, 15) is 19.7 Å². The van der Waals surface area contributed by atoms with Crippen LogP contribution in [0.25, 0.3) is 0 Å². The van der Waals surface area contributed by atoms with Crippen molar-refractivity contribution in [3.05, 3.63) is 33.9 Å². The molecular weight excluding hydrogens is 310 g/mol. The van der Waals surface area contributed by atoms with Crippen molar-refractivity contribution in [2.24, 2.45) is 0 Å². The van der Waals surface area contributed by atoms with E-state index in [1.165, 1.54) is 11.0 Å². The number of aryl methyl sites for hydroxylation is 1. The maximum Gasteiger partial charge on any atom is 0.272 e. The third-order valence-electron chi connectivity index (χ3n) is 4.92. The first-order valence-electron chi connectivity index (χ1n) is 8.32. The Bertz CT molecular complexity index is 664. The summed E-state index contributed by atoms with van der Waals surface area (Å²) >= 11 is 0. The Labute approximate surface area is 140 Å². The molecule has 0 aromatic heterocycles. The molecule has 2 aliphatic rings. The van der Waals surface area contributed by atoms with Crippen LogP contribution < -0.4 is 5.32 Å². The largest absolute Gasteiger partial charge is 0.382 e. The van der Waals surface area contributed by atoms with E-state index in [1.54, 1.807) is 19.1 Å². The molecule has 7 heteroatoms. The monoisotopic (exact) mass is 331 g/mol. The van der Waals surface area contributed by atoms with E-state index in [2.05, 4.69) is 5.32 Å². The first kappa shape index (κ1) is 16.4. The Balaban J connectivity index is 1.58. The van der Waals surface area contributed by atoms with Crippen LogP contribution in [-0.2, 0) is 9.59 Å². The predicted octanol–water partition coefficient (Wildman–Crippen LogP) is 2.78. The number of hydrogen-bond donors (Lipinski definition) is 1. The van der Waals surface area contributed by atoms with Crippen LogP contribution in [0.3, 0.4) is 0 Å². The van der Waals surface area contributed by atoms with E-state index >= 15 is 0 Å². The predicted molar refractivity (Wildman–Crippen MR) is 88.6 cm³/mol. The van der Waals surface area contributed by atoms with Gasteiger partial charge in [0.1, 0.15) is 0 Å². The molecule has 24 heavy (non-hydrogen) atoms. The number of anilines is 1. The zero-order valence-electron chi connectivity index (χ0n) is 13.7. The standard InChI is InChI=1S/C17H21N3O4/c1-11-10-13(4-7-15(11)20(23)24)18-12-2-5-14(6-3-12)19-16(21)8-9-17(19)22/h4,7,10,12,14,18H,2-3,5-6,8-9H2,1H3. The van der Waals surface area contributed by atoms with E-state index in [1.807, 2.05) is 0 Å². The summed E-state index contributed by atoms with van der Waals surface area (Å²) in [7, 11) is 0. The Morgan fingerprint density at radius 2 is 1.75 bits per heavy atom. The van der Waals surface area contributed by atoms with Gasteiger partial charge in [-0.05, 0) is 44.7 Å². The van der Waals surface area contributed by atoms with E-state index < -0.39 is 0 Å². The van der Waals surface area contributed by atoms with Crippen LogP contribution in [0.2, 0.25) is 0 Å². The second-order valence-electron chi connectivity index (χ2n) is 6.57. The van der Waals surface area contributed by atoms with E-state index in [0.29, 0.717) is 18.4 Å². The second-order valence-corrected chi connectivity index (χ2v) is 6.57. The van der Waals surface area contributed by atoms with E-state index in [0.717, 1.165) is 31.4 Å². The van der Waals surface area contributed by atoms with Crippen LogP contribution in [0.4, 0.5) is 11.4 Å². The highest BCUT2D eigenvalue weighted by Gasteiger charge is 2.36. The first-order valence-corrected chi connectivity index (χ1v) is 8.32. The van der Waals surface area contributed by atoms with Crippen molar-refractivity contribution < 1.29 is 14.5 Å². The number of imide groups is 1. The molecule has 0 radical (unpaired) electrons. The Hall–Kier alpha value is -2.44. The summed E-state index contributed by atoms with van der Waals surface area (Å²) in [6, 6.07) is 5.33. The minimum atomic E-state index is -0.381. The average Bonchev–Trinajstić information content (AvgIpc) is 2.87. The number of benzene rings is 1. The summed E-state index contributed by atoms with van der Waals surface area (Å²) in [4.78, 5) is 35.6. The lowest BCUT2D eigenvalue weighted by Crippen LogP contribution is -2.43. The highest BCUT2D eigenvalue weighted by molar-refractivity contribution is 6.02. The molecule has 128 valence electrons. The van der Waals surface area contributed by atoms with Crippen molar-refractivity contribution in [3.8, 4) is 0 Å². The topological polar surface area (TPSA) is 92.6 Å². The smallest absolute Gasteiger partial charge is 0.272 e. The minimum absolute atomic E-state index is 0.0316. The fraction of sp³-hybridized carbons (Fsp3) is 0.529. The van der Waals surface area contributed by atoms with Gasteiger partial charge in [-0.1, -0.05) is 0 Å². The molecule has 1 heterocycles. The van der Waals surface area contributed by atoms with Crippen molar-refractivity contribution in [2.45, 2.75) is 57.5 Å². The molecule has 0 atom stereocenters. The molecule has 1 aromatic rings. The molecule has 1 aliphatic carbocycles. The Kier molecular flexibility index (Phi) is 4.51. The van der Waals surface area contributed by atoms with Gasteiger partial charge >= 0.3 is 0 Å². The molecule has 0 unspecified atom stereocenters. The van der Waals surface area contributed by atoms with Crippen LogP contribution in [-0.4, -0.2) is 33.7 Å². The summed E-state index contributed by atoms with van der Waals surface area (Å²) in [5, 5.41) is 14.3. The van der Waals surface area contributed by atoms with Gasteiger partial charge in [0, 0.05) is 42.2 Å². The lowest BCUT2D eigenvalue weighted by atomic mass is 9.90. The second kappa shape index (κ2) is 6.59. The van der Waals surface area contributed by atoms with Crippen molar-refractivity contribution in [2.75, 3.05) is 5.32 Å². The van der Waals surface area contributed by atoms with E-state index in [-0.39, 0.29) is 34.5 Å². The lowest BCUT2D eigenvalue weighted by Gasteiger charge is -2.34. The maximum absolute atomic E-state index is 11.8. The van der Waals surface area contributed by atoms with Crippen molar-refractivity contribution in [1.82, 2.24) is 4.90 Å². The number of carbonyl (C=O) groups excluding carboxylic acids is 2. The van der Waals surface area contributed by atoms with Gasteiger partial charge in [0.25, 0.3) is 5.69 Å². The molecule has 0 spiro atoms. The van der Waals surface area contributed by atoms with Gasteiger partial charge in [-0.15, -0.1) is 0 Å². The highest BCUT2D eigenvalue weighted by Crippen LogP contribution is 2.30. The summed E-state index contributed by atoms with van der Waals surface area (Å²) in [5.41, 5.74) is 1.62. The van der Waals surface area contributed by atoms with Crippen molar-refractivity contribution in [1.29, 1.82) is 0 Å². The SMILES string of the molecule is Cc1cc(NC2CCC(N3C(=O)CCC3=O)CC2)ccc1[N+](=O)[O-]. The summed E-state index contributed by atoms with van der Waals surface area (Å²) in [5.74, 6) is -0.0789. The van der Waals surface area contributed by atoms with Gasteiger partial charge in [-0.25, -0.2) is 0 Å². The van der Waals surface area contributed by atoms with Gasteiger partial charge in [0.15, 0.2) is 0 Å². The van der Waals surface area contributed by atoms with Crippen LogP contribution >= 0.6 is 0 Å². The number of amides is 2. The van der Waals surface area contributed by atoms with Crippen LogP contribution in [0.1, 0.15) is 44.1 Å². The number of carbonyl (C=O) groups is 2. The van der Waals surface area contributed by atoms with Gasteiger partial charge in [0.2, 0.25) is 11.8 Å². The fourth-order valence-electron chi connectivity index (χ4n) is 3.67. The van der Waals surface area contributed by atoms with Gasteiger partial charge in [-0.3, -0.25) is 24.6 Å². The number of hydrogen-bond acceptors (Lipinski definition) is 5. The van der Waals surface area contributed by atoms with Crippen molar-refractivity contribution >= 4 is 23.2 Å². The number of nitro benzene ring substituents is 1. The summed E-state index contributed by atoms with van der Waals surface area (Å²) in [6.07, 6.45) is 4.05. The molecule has 1 N–H and O–H groups in total. The zero-order chi connectivity index (χ0) is 17.3. The quantitative estimate of drug-likeness (QED) is 0.520. The van der Waals surface area contributed by atoms with Gasteiger partial charge in [-0.2, -0.15) is 0 Å². The third-order valence-corrected chi connectivity index (χ3v) is 4.92. The molecule has 2 amide bonds. The summed E-state index contributed by atoms with van der Waals surface area (Å²) in [6.45, 7) is 1.73. The molecular formula is C17H21N3O4. The highest BCUT2D eigenvalue weighted by atomic mass is 16.6. The molecule has 2 fully saturated rings. The normalized spacial score (nSPS) is 24.3. The Morgan fingerprint density at radius 3 is 2.29 bits per heavy atom. The molecule has 1 saturated heterocycles. The van der Waals surface area contributed by atoms with Crippen molar-refractivity contribution in [3.63, 3.8) is 0 Å². The zero-order valence-corrected chi connectivity index (χ0v) is 13.7. The van der Waals surface area contributed by atoms with Gasteiger partial charge < -0.3 is 5.32 Å². The van der Waals surface area contributed by atoms with Crippen LogP contribution in [0.5, 0.6) is 0 Å². The van der Waals surface area contributed by atoms with Crippen LogP contribution in [0.15, 0.2) is 18.2 Å². The first-order chi connectivity index (χ1) is 11.5. The number of likely N-dealkylation sites (tertiary alicyclic amines) is 1. The minimum Gasteiger partial charge on any atom is -0.382 e. The lowest BCUT2D eigenvalue weighted by molar-refractivity contribution is -0.385. The summed E-state index contributed by atoms with van der Waals surface area (Å²) < 4.78 is 0. The van der Waals surface area contributed by atoms with Gasteiger partial charge in [0.05, 0.1) is 4.92 Å². The molecule has 7 nitrogen and oxygen atoms in total. The number of rotatable bonds is 4. The Morgan fingerprint density at radius 1 is 1.12 bits per heavy atom. The van der Waals surface area contributed by atoms with E-state index in [4.69, 9.17) is 0 Å². The number of nitrogens with zero attached hydrogens (tertiary/aromatic N) is 2. The molecule has 1 aliphatic heterocycles. The average molecular weight is 331 g/mol. The molecule has 3 rings (SSSR count). The van der Waals surface area contributed by atoms with Crippen LogP contribution in [0, 0.1) is 17.0 Å².